The van der Waals surface area contributed by atoms with Crippen LogP contribution in [0, 0.1) is 11.7 Å². The molecule has 1 aliphatic rings. The average molecular weight is 237 g/mol. The predicted octanol–water partition coefficient (Wildman–Crippen LogP) is 1.08. The second kappa shape index (κ2) is 5.23. The van der Waals surface area contributed by atoms with Gasteiger partial charge in [0, 0.05) is 6.04 Å². The van der Waals surface area contributed by atoms with Crippen LogP contribution in [0.2, 0.25) is 0 Å². The fourth-order valence-electron chi connectivity index (χ4n) is 2.26. The number of hydrogen-bond donors (Lipinski definition) is 2. The van der Waals surface area contributed by atoms with Gasteiger partial charge < -0.3 is 11.1 Å². The highest BCUT2D eigenvalue weighted by atomic mass is 19.1. The van der Waals surface area contributed by atoms with Gasteiger partial charge in [-0.3, -0.25) is 4.79 Å². The molecule has 2 atom stereocenters. The molecule has 1 saturated carbocycles. The highest BCUT2D eigenvalue weighted by Gasteiger charge is 2.27. The summed E-state index contributed by atoms with van der Waals surface area (Å²) in [5.74, 6) is -0.350. The van der Waals surface area contributed by atoms with E-state index in [9.17, 15) is 9.18 Å². The van der Waals surface area contributed by atoms with E-state index in [0.29, 0.717) is 12.5 Å². The molecule has 1 heterocycles. The third-order valence-electron chi connectivity index (χ3n) is 3.24. The maximum Gasteiger partial charge on any atom is 0.270 e. The topological polar surface area (TPSA) is 68.0 Å². The van der Waals surface area contributed by atoms with E-state index >= 15 is 0 Å². The minimum absolute atomic E-state index is 0.124. The predicted molar refractivity (Wildman–Crippen MR) is 61.8 cm³/mol. The minimum atomic E-state index is -0.442. The molecule has 0 aromatic carbocycles. The van der Waals surface area contributed by atoms with Gasteiger partial charge in [-0.25, -0.2) is 9.37 Å². The Labute approximate surface area is 99.4 Å². The van der Waals surface area contributed by atoms with E-state index in [4.69, 9.17) is 5.73 Å². The number of nitrogens with one attached hydrogen (secondary N) is 1. The Morgan fingerprint density at radius 3 is 3.00 bits per heavy atom. The first-order valence-corrected chi connectivity index (χ1v) is 5.83. The Bertz CT molecular complexity index is 393. The van der Waals surface area contributed by atoms with Crippen molar-refractivity contribution in [3.8, 4) is 0 Å². The van der Waals surface area contributed by atoms with Crippen LogP contribution < -0.4 is 11.1 Å². The quantitative estimate of drug-likeness (QED) is 0.826. The third kappa shape index (κ3) is 2.79. The summed E-state index contributed by atoms with van der Waals surface area (Å²) in [6.45, 7) is 0.585. The van der Waals surface area contributed by atoms with Crippen LogP contribution in [-0.4, -0.2) is 23.5 Å². The van der Waals surface area contributed by atoms with E-state index < -0.39 is 5.82 Å². The van der Waals surface area contributed by atoms with Gasteiger partial charge in [0.25, 0.3) is 5.91 Å². The van der Waals surface area contributed by atoms with Gasteiger partial charge in [-0.05, 0) is 37.4 Å². The first kappa shape index (κ1) is 12.0. The number of carbonyl (C=O) groups excluding carboxylic acids is 1. The summed E-state index contributed by atoms with van der Waals surface area (Å²) in [5, 5.41) is 2.91. The number of aromatic nitrogens is 1. The molecule has 0 aliphatic heterocycles. The number of halogens is 1. The first-order valence-electron chi connectivity index (χ1n) is 5.83. The van der Waals surface area contributed by atoms with E-state index in [1.807, 2.05) is 0 Å². The van der Waals surface area contributed by atoms with E-state index in [1.165, 1.54) is 12.1 Å². The van der Waals surface area contributed by atoms with Crippen LogP contribution in [0.15, 0.2) is 18.3 Å². The van der Waals surface area contributed by atoms with Gasteiger partial charge in [-0.1, -0.05) is 6.42 Å². The number of rotatable bonds is 3. The van der Waals surface area contributed by atoms with Crippen LogP contribution in [0.5, 0.6) is 0 Å². The highest BCUT2D eigenvalue weighted by Crippen LogP contribution is 2.24. The van der Waals surface area contributed by atoms with Crippen LogP contribution in [0.1, 0.15) is 29.8 Å². The minimum Gasteiger partial charge on any atom is -0.348 e. The second-order valence-corrected chi connectivity index (χ2v) is 4.37. The van der Waals surface area contributed by atoms with Gasteiger partial charge in [-0.15, -0.1) is 0 Å². The Kier molecular flexibility index (Phi) is 3.68. The maximum absolute atomic E-state index is 12.7. The summed E-state index contributed by atoms with van der Waals surface area (Å²) in [4.78, 5) is 15.6. The van der Waals surface area contributed by atoms with Gasteiger partial charge >= 0.3 is 0 Å². The number of nitrogens with two attached hydrogens (primary N) is 1. The zero-order valence-electron chi connectivity index (χ0n) is 9.53. The summed E-state index contributed by atoms with van der Waals surface area (Å²) in [6, 6.07) is 2.74. The SMILES string of the molecule is NCC1CCCC1NC(=O)c1ccc(F)cn1. The Morgan fingerprint density at radius 2 is 2.35 bits per heavy atom. The van der Waals surface area contributed by atoms with E-state index in [2.05, 4.69) is 10.3 Å². The molecule has 92 valence electrons. The molecule has 1 aliphatic carbocycles. The zero-order chi connectivity index (χ0) is 12.3. The van der Waals surface area contributed by atoms with Crippen LogP contribution in [0.4, 0.5) is 4.39 Å². The number of carbonyl (C=O) groups is 1. The summed E-state index contributed by atoms with van der Waals surface area (Å²) in [6.07, 6.45) is 4.14. The molecule has 0 radical (unpaired) electrons. The Morgan fingerprint density at radius 1 is 1.53 bits per heavy atom. The van der Waals surface area contributed by atoms with Crippen LogP contribution in [0.25, 0.3) is 0 Å². The second-order valence-electron chi connectivity index (χ2n) is 4.37. The standard InChI is InChI=1S/C12H16FN3O/c13-9-4-5-11(15-7-9)12(17)16-10-3-1-2-8(10)6-14/h4-5,7-8,10H,1-3,6,14H2,(H,16,17). The normalized spacial score (nSPS) is 23.6. The molecule has 1 aromatic rings. The molecule has 1 aromatic heterocycles. The number of pyridine rings is 1. The van der Waals surface area contributed by atoms with Crippen molar-refractivity contribution in [2.45, 2.75) is 25.3 Å². The number of hydrogen-bond acceptors (Lipinski definition) is 3. The smallest absolute Gasteiger partial charge is 0.270 e. The monoisotopic (exact) mass is 237 g/mol. The van der Waals surface area contributed by atoms with Crippen molar-refractivity contribution in [1.82, 2.24) is 10.3 Å². The molecule has 2 rings (SSSR count). The lowest BCUT2D eigenvalue weighted by atomic mass is 10.0. The lowest BCUT2D eigenvalue weighted by Gasteiger charge is -2.19. The van der Waals surface area contributed by atoms with Crippen LogP contribution >= 0.6 is 0 Å². The molecule has 0 bridgehead atoms. The van der Waals surface area contributed by atoms with Gasteiger partial charge in [0.05, 0.1) is 6.20 Å². The summed E-state index contributed by atoms with van der Waals surface area (Å²) >= 11 is 0. The molecule has 4 nitrogen and oxygen atoms in total. The van der Waals surface area contributed by atoms with Crippen LogP contribution in [-0.2, 0) is 0 Å². The largest absolute Gasteiger partial charge is 0.348 e. The molecule has 0 saturated heterocycles. The fourth-order valence-corrected chi connectivity index (χ4v) is 2.26. The molecule has 0 spiro atoms. The molecule has 3 N–H and O–H groups in total. The number of amides is 1. The lowest BCUT2D eigenvalue weighted by Crippen LogP contribution is -2.40. The third-order valence-corrected chi connectivity index (χ3v) is 3.24. The van der Waals surface area contributed by atoms with Crippen molar-refractivity contribution in [2.75, 3.05) is 6.54 Å². The Hall–Kier alpha value is -1.49. The van der Waals surface area contributed by atoms with Crippen molar-refractivity contribution in [2.24, 2.45) is 11.7 Å². The summed E-state index contributed by atoms with van der Waals surface area (Å²) in [5.41, 5.74) is 5.89. The van der Waals surface area contributed by atoms with Crippen LogP contribution in [0.3, 0.4) is 0 Å². The fraction of sp³-hybridized carbons (Fsp3) is 0.500. The molecule has 1 fully saturated rings. The first-order chi connectivity index (χ1) is 8.20. The maximum atomic E-state index is 12.7. The van der Waals surface area contributed by atoms with Crippen molar-refractivity contribution in [1.29, 1.82) is 0 Å². The zero-order valence-corrected chi connectivity index (χ0v) is 9.53. The van der Waals surface area contributed by atoms with E-state index in [1.54, 1.807) is 0 Å². The van der Waals surface area contributed by atoms with Gasteiger partial charge in [0.15, 0.2) is 0 Å². The van der Waals surface area contributed by atoms with Crippen molar-refractivity contribution >= 4 is 5.91 Å². The molecular formula is C12H16FN3O. The highest BCUT2D eigenvalue weighted by molar-refractivity contribution is 5.92. The van der Waals surface area contributed by atoms with Gasteiger partial charge in [-0.2, -0.15) is 0 Å². The molecule has 5 heteroatoms. The number of nitrogens with zero attached hydrogens (tertiary/aromatic N) is 1. The van der Waals surface area contributed by atoms with Crippen molar-refractivity contribution < 1.29 is 9.18 Å². The molecule has 17 heavy (non-hydrogen) atoms. The average Bonchev–Trinajstić information content (AvgIpc) is 2.77. The molecular weight excluding hydrogens is 221 g/mol. The van der Waals surface area contributed by atoms with E-state index in [-0.39, 0.29) is 17.6 Å². The van der Waals surface area contributed by atoms with Gasteiger partial charge in [0.2, 0.25) is 0 Å². The van der Waals surface area contributed by atoms with Crippen molar-refractivity contribution in [3.05, 3.63) is 29.8 Å². The molecule has 1 amide bonds. The summed E-state index contributed by atoms with van der Waals surface area (Å²) in [7, 11) is 0. The molecule has 2 unspecified atom stereocenters. The van der Waals surface area contributed by atoms with Gasteiger partial charge in [0.1, 0.15) is 11.5 Å². The van der Waals surface area contributed by atoms with E-state index in [0.717, 1.165) is 25.5 Å². The Balaban J connectivity index is 1.99. The summed E-state index contributed by atoms with van der Waals surface area (Å²) < 4.78 is 12.7. The van der Waals surface area contributed by atoms with Crippen molar-refractivity contribution in [3.63, 3.8) is 0 Å². The lowest BCUT2D eigenvalue weighted by molar-refractivity contribution is 0.0923.